The summed E-state index contributed by atoms with van der Waals surface area (Å²) in [5.41, 5.74) is 6.30. The molecular weight excluding hydrogens is 264 g/mol. The Balaban J connectivity index is 1.97. The number of nitrogens with one attached hydrogen (secondary N) is 1. The molecule has 1 aromatic rings. The highest BCUT2D eigenvalue weighted by molar-refractivity contribution is 5.75. The second-order valence-corrected chi connectivity index (χ2v) is 5.29. The number of nitrogen functional groups attached to an aromatic ring is 1. The molecule has 0 saturated heterocycles. The third kappa shape index (κ3) is 8.95. The van der Waals surface area contributed by atoms with Gasteiger partial charge in [0.2, 0.25) is 5.91 Å². The van der Waals surface area contributed by atoms with E-state index in [1.807, 2.05) is 12.1 Å². The van der Waals surface area contributed by atoms with Crippen LogP contribution in [0.5, 0.6) is 5.75 Å². The predicted octanol–water partition coefficient (Wildman–Crippen LogP) is 3.51. The molecule has 0 radical (unpaired) electrons. The van der Waals surface area contributed by atoms with Gasteiger partial charge in [0.15, 0.2) is 0 Å². The lowest BCUT2D eigenvalue weighted by molar-refractivity contribution is -0.121. The Morgan fingerprint density at radius 3 is 2.48 bits per heavy atom. The lowest BCUT2D eigenvalue weighted by Crippen LogP contribution is -2.25. The summed E-state index contributed by atoms with van der Waals surface area (Å²) in [4.78, 5) is 11.6. The van der Waals surface area contributed by atoms with Gasteiger partial charge in [-0.3, -0.25) is 4.79 Å². The van der Waals surface area contributed by atoms with Crippen LogP contribution in [0.4, 0.5) is 5.69 Å². The monoisotopic (exact) mass is 292 g/mol. The van der Waals surface area contributed by atoms with Gasteiger partial charge >= 0.3 is 0 Å². The number of ether oxygens (including phenoxy) is 1. The third-order valence-corrected chi connectivity index (χ3v) is 3.33. The Morgan fingerprint density at radius 1 is 1.10 bits per heavy atom. The number of nitrogens with two attached hydrogens (primary N) is 1. The molecule has 0 aromatic heterocycles. The van der Waals surface area contributed by atoms with Crippen LogP contribution in [0, 0.1) is 0 Å². The van der Waals surface area contributed by atoms with E-state index in [-0.39, 0.29) is 5.91 Å². The molecule has 4 heteroatoms. The largest absolute Gasteiger partial charge is 0.493 e. The SMILES string of the molecule is CCCCCCCCNC(=O)CCOc1ccc(N)cc1. The van der Waals surface area contributed by atoms with Gasteiger partial charge in [-0.25, -0.2) is 0 Å². The van der Waals surface area contributed by atoms with E-state index in [1.54, 1.807) is 12.1 Å². The highest BCUT2D eigenvalue weighted by Gasteiger charge is 2.01. The number of unbranched alkanes of at least 4 members (excludes halogenated alkanes) is 5. The van der Waals surface area contributed by atoms with Crippen molar-refractivity contribution in [2.75, 3.05) is 18.9 Å². The van der Waals surface area contributed by atoms with Crippen molar-refractivity contribution < 1.29 is 9.53 Å². The minimum absolute atomic E-state index is 0.0546. The number of rotatable bonds is 11. The van der Waals surface area contributed by atoms with Crippen molar-refractivity contribution in [3.05, 3.63) is 24.3 Å². The highest BCUT2D eigenvalue weighted by Crippen LogP contribution is 2.13. The fourth-order valence-corrected chi connectivity index (χ4v) is 2.05. The van der Waals surface area contributed by atoms with Gasteiger partial charge in [0.1, 0.15) is 5.75 Å². The number of anilines is 1. The summed E-state index contributed by atoms with van der Waals surface area (Å²) < 4.78 is 5.49. The van der Waals surface area contributed by atoms with Crippen LogP contribution in [0.25, 0.3) is 0 Å². The van der Waals surface area contributed by atoms with Gasteiger partial charge in [0.25, 0.3) is 0 Å². The van der Waals surface area contributed by atoms with Crippen LogP contribution in [0.1, 0.15) is 51.9 Å². The summed E-state index contributed by atoms with van der Waals surface area (Å²) >= 11 is 0. The van der Waals surface area contributed by atoms with Gasteiger partial charge in [-0.1, -0.05) is 39.0 Å². The molecule has 1 aromatic carbocycles. The summed E-state index contributed by atoms with van der Waals surface area (Å²) in [7, 11) is 0. The lowest BCUT2D eigenvalue weighted by atomic mass is 10.1. The molecular formula is C17H28N2O2. The van der Waals surface area contributed by atoms with E-state index < -0.39 is 0 Å². The van der Waals surface area contributed by atoms with Crippen LogP contribution >= 0.6 is 0 Å². The molecule has 0 aliphatic heterocycles. The first-order chi connectivity index (χ1) is 10.2. The first kappa shape index (κ1) is 17.3. The number of carbonyl (C=O) groups is 1. The van der Waals surface area contributed by atoms with E-state index in [4.69, 9.17) is 10.5 Å². The Bertz CT molecular complexity index is 390. The Labute approximate surface area is 128 Å². The van der Waals surface area contributed by atoms with Gasteiger partial charge in [-0.05, 0) is 30.7 Å². The minimum atomic E-state index is 0.0546. The molecule has 0 heterocycles. The molecule has 0 unspecified atom stereocenters. The quantitative estimate of drug-likeness (QED) is 0.484. The third-order valence-electron chi connectivity index (χ3n) is 3.33. The number of amides is 1. The molecule has 21 heavy (non-hydrogen) atoms. The maximum atomic E-state index is 11.6. The van der Waals surface area contributed by atoms with Crippen molar-refractivity contribution in [2.24, 2.45) is 0 Å². The summed E-state index contributed by atoms with van der Waals surface area (Å²) in [6.07, 6.45) is 7.81. The van der Waals surface area contributed by atoms with Gasteiger partial charge in [0, 0.05) is 12.2 Å². The first-order valence-corrected chi connectivity index (χ1v) is 7.97. The summed E-state index contributed by atoms with van der Waals surface area (Å²) in [5, 5.41) is 2.93. The topological polar surface area (TPSA) is 64.3 Å². The van der Waals surface area contributed by atoms with Crippen molar-refractivity contribution in [1.29, 1.82) is 0 Å². The van der Waals surface area contributed by atoms with Crippen LogP contribution in [0.2, 0.25) is 0 Å². The maximum Gasteiger partial charge on any atom is 0.223 e. The van der Waals surface area contributed by atoms with Crippen molar-refractivity contribution >= 4 is 11.6 Å². The van der Waals surface area contributed by atoms with Crippen LogP contribution in [-0.4, -0.2) is 19.1 Å². The van der Waals surface area contributed by atoms with Crippen molar-refractivity contribution in [1.82, 2.24) is 5.32 Å². The molecule has 0 aliphatic rings. The normalized spacial score (nSPS) is 10.3. The van der Waals surface area contributed by atoms with Gasteiger partial charge in [-0.2, -0.15) is 0 Å². The average Bonchev–Trinajstić information content (AvgIpc) is 2.48. The van der Waals surface area contributed by atoms with E-state index in [0.717, 1.165) is 18.7 Å². The fourth-order valence-electron chi connectivity index (χ4n) is 2.05. The van der Waals surface area contributed by atoms with Crippen molar-refractivity contribution in [3.63, 3.8) is 0 Å². The maximum absolute atomic E-state index is 11.6. The standard InChI is InChI=1S/C17H28N2O2/c1-2-3-4-5-6-7-13-19-17(20)12-14-21-16-10-8-15(18)9-11-16/h8-11H,2-7,12-14,18H2,1H3,(H,19,20). The second-order valence-electron chi connectivity index (χ2n) is 5.29. The molecule has 0 fully saturated rings. The van der Waals surface area contributed by atoms with Gasteiger partial charge in [-0.15, -0.1) is 0 Å². The second kappa shape index (κ2) is 11.0. The summed E-state index contributed by atoms with van der Waals surface area (Å²) in [5.74, 6) is 0.798. The zero-order valence-corrected chi connectivity index (χ0v) is 13.1. The van der Waals surface area contributed by atoms with Crippen LogP contribution in [0.15, 0.2) is 24.3 Å². The summed E-state index contributed by atoms with van der Waals surface area (Å²) in [6.45, 7) is 3.38. The average molecular weight is 292 g/mol. The van der Waals surface area contributed by atoms with E-state index in [2.05, 4.69) is 12.2 Å². The minimum Gasteiger partial charge on any atom is -0.493 e. The zero-order valence-electron chi connectivity index (χ0n) is 13.1. The first-order valence-electron chi connectivity index (χ1n) is 7.97. The predicted molar refractivity (Wildman–Crippen MR) is 87.4 cm³/mol. The molecule has 0 spiro atoms. The Hall–Kier alpha value is -1.71. The fraction of sp³-hybridized carbons (Fsp3) is 0.588. The van der Waals surface area contributed by atoms with E-state index in [1.165, 1.54) is 32.1 Å². The van der Waals surface area contributed by atoms with E-state index >= 15 is 0 Å². The smallest absolute Gasteiger partial charge is 0.223 e. The molecule has 1 amide bonds. The lowest BCUT2D eigenvalue weighted by Gasteiger charge is -2.07. The molecule has 4 nitrogen and oxygen atoms in total. The Kier molecular flexibility index (Phi) is 9.09. The van der Waals surface area contributed by atoms with Crippen molar-refractivity contribution in [3.8, 4) is 5.75 Å². The van der Waals surface area contributed by atoms with E-state index in [0.29, 0.717) is 18.7 Å². The number of benzene rings is 1. The Morgan fingerprint density at radius 2 is 1.76 bits per heavy atom. The molecule has 0 aliphatic carbocycles. The summed E-state index contributed by atoms with van der Waals surface area (Å²) in [6, 6.07) is 7.19. The van der Waals surface area contributed by atoms with Gasteiger partial charge < -0.3 is 15.8 Å². The van der Waals surface area contributed by atoms with Crippen LogP contribution in [0.3, 0.4) is 0 Å². The molecule has 0 atom stereocenters. The van der Waals surface area contributed by atoms with Gasteiger partial charge in [0.05, 0.1) is 13.0 Å². The molecule has 0 bridgehead atoms. The molecule has 118 valence electrons. The number of hydrogen-bond acceptors (Lipinski definition) is 3. The number of hydrogen-bond donors (Lipinski definition) is 2. The number of carbonyl (C=O) groups excluding carboxylic acids is 1. The van der Waals surface area contributed by atoms with E-state index in [9.17, 15) is 4.79 Å². The molecule has 0 saturated carbocycles. The van der Waals surface area contributed by atoms with Crippen LogP contribution in [-0.2, 0) is 4.79 Å². The zero-order chi connectivity index (χ0) is 15.3. The molecule has 3 N–H and O–H groups in total. The molecule has 1 rings (SSSR count). The highest BCUT2D eigenvalue weighted by atomic mass is 16.5. The van der Waals surface area contributed by atoms with Crippen molar-refractivity contribution in [2.45, 2.75) is 51.9 Å². The van der Waals surface area contributed by atoms with Crippen LogP contribution < -0.4 is 15.8 Å².